The van der Waals surface area contributed by atoms with E-state index in [1.165, 1.54) is 25.7 Å². The van der Waals surface area contributed by atoms with Gasteiger partial charge in [0, 0.05) is 17.3 Å². The van der Waals surface area contributed by atoms with E-state index in [0.717, 1.165) is 11.7 Å². The summed E-state index contributed by atoms with van der Waals surface area (Å²) in [6.07, 6.45) is 8.78. The van der Waals surface area contributed by atoms with Crippen molar-refractivity contribution >= 4 is 11.8 Å². The Labute approximate surface area is 117 Å². The lowest BCUT2D eigenvalue weighted by Gasteiger charge is -2.34. The molecule has 0 bridgehead atoms. The third-order valence-corrected chi connectivity index (χ3v) is 5.66. The number of ether oxygens (including phenoxy) is 1. The standard InChI is InChI=1S/C15H29NOS/c1-14(2)10-13(15(3,4)17-14)16-11-6-8-12(18-5)9-7-11/h11-13,16H,6-10H2,1-5H3. The summed E-state index contributed by atoms with van der Waals surface area (Å²) in [5, 5.41) is 4.77. The molecule has 0 radical (unpaired) electrons. The first-order valence-corrected chi connectivity index (χ1v) is 8.60. The van der Waals surface area contributed by atoms with Crippen molar-refractivity contribution in [2.75, 3.05) is 6.26 Å². The molecule has 1 N–H and O–H groups in total. The molecule has 2 aliphatic rings. The molecule has 2 rings (SSSR count). The topological polar surface area (TPSA) is 21.3 Å². The van der Waals surface area contributed by atoms with Crippen molar-refractivity contribution in [3.63, 3.8) is 0 Å². The zero-order chi connectivity index (χ0) is 13.4. The molecule has 2 fully saturated rings. The van der Waals surface area contributed by atoms with Gasteiger partial charge < -0.3 is 10.1 Å². The van der Waals surface area contributed by atoms with Gasteiger partial charge in [0.15, 0.2) is 0 Å². The molecule has 0 aromatic carbocycles. The first kappa shape index (κ1) is 14.7. The molecule has 18 heavy (non-hydrogen) atoms. The smallest absolute Gasteiger partial charge is 0.0787 e. The monoisotopic (exact) mass is 271 g/mol. The molecule has 0 aromatic rings. The number of rotatable bonds is 3. The fourth-order valence-corrected chi connectivity index (χ4v) is 4.32. The molecular formula is C15H29NOS. The second-order valence-electron chi connectivity index (χ2n) is 7.10. The molecule has 0 spiro atoms. The normalized spacial score (nSPS) is 38.8. The summed E-state index contributed by atoms with van der Waals surface area (Å²) >= 11 is 2.04. The third kappa shape index (κ3) is 3.43. The first-order chi connectivity index (χ1) is 8.32. The summed E-state index contributed by atoms with van der Waals surface area (Å²) in [5.41, 5.74) is -0.00249. The number of nitrogens with one attached hydrogen (secondary N) is 1. The largest absolute Gasteiger partial charge is 0.368 e. The van der Waals surface area contributed by atoms with Gasteiger partial charge in [-0.15, -0.1) is 0 Å². The highest BCUT2D eigenvalue weighted by atomic mass is 32.2. The highest BCUT2D eigenvalue weighted by Crippen LogP contribution is 2.38. The zero-order valence-corrected chi connectivity index (χ0v) is 13.4. The van der Waals surface area contributed by atoms with E-state index in [1.54, 1.807) is 0 Å². The first-order valence-electron chi connectivity index (χ1n) is 7.31. The summed E-state index contributed by atoms with van der Waals surface area (Å²) in [6.45, 7) is 8.88. The van der Waals surface area contributed by atoms with Gasteiger partial charge in [-0.05, 0) is 66.1 Å². The second-order valence-corrected chi connectivity index (χ2v) is 8.24. The average Bonchev–Trinajstić information content (AvgIpc) is 2.48. The van der Waals surface area contributed by atoms with Crippen LogP contribution >= 0.6 is 11.8 Å². The molecule has 1 saturated heterocycles. The third-order valence-electron chi connectivity index (χ3n) is 4.52. The van der Waals surface area contributed by atoms with Gasteiger partial charge in [-0.3, -0.25) is 0 Å². The Morgan fingerprint density at radius 3 is 2.11 bits per heavy atom. The summed E-state index contributed by atoms with van der Waals surface area (Å²) < 4.78 is 6.17. The van der Waals surface area contributed by atoms with Gasteiger partial charge in [-0.25, -0.2) is 0 Å². The Morgan fingerprint density at radius 2 is 1.67 bits per heavy atom. The Hall–Kier alpha value is 0.270. The van der Waals surface area contributed by atoms with E-state index in [4.69, 9.17) is 4.74 Å². The fourth-order valence-electron chi connectivity index (χ4n) is 3.57. The van der Waals surface area contributed by atoms with E-state index < -0.39 is 0 Å². The van der Waals surface area contributed by atoms with E-state index in [-0.39, 0.29) is 11.2 Å². The van der Waals surface area contributed by atoms with Crippen LogP contribution in [-0.2, 0) is 4.74 Å². The van der Waals surface area contributed by atoms with Crippen molar-refractivity contribution in [1.29, 1.82) is 0 Å². The van der Waals surface area contributed by atoms with Crippen molar-refractivity contribution in [1.82, 2.24) is 5.32 Å². The molecule has 0 aromatic heterocycles. The Bertz CT molecular complexity index is 282. The van der Waals surface area contributed by atoms with Crippen LogP contribution in [-0.4, -0.2) is 34.8 Å². The van der Waals surface area contributed by atoms with Gasteiger partial charge in [-0.2, -0.15) is 11.8 Å². The van der Waals surface area contributed by atoms with Crippen molar-refractivity contribution in [3.05, 3.63) is 0 Å². The molecule has 1 heterocycles. The van der Waals surface area contributed by atoms with Crippen LogP contribution in [0, 0.1) is 0 Å². The van der Waals surface area contributed by atoms with Crippen molar-refractivity contribution in [2.24, 2.45) is 0 Å². The highest BCUT2D eigenvalue weighted by molar-refractivity contribution is 7.99. The minimum Gasteiger partial charge on any atom is -0.368 e. The molecular weight excluding hydrogens is 242 g/mol. The summed E-state index contributed by atoms with van der Waals surface area (Å²) in [7, 11) is 0. The minimum atomic E-state index is -0.0279. The number of thioether (sulfide) groups is 1. The van der Waals surface area contributed by atoms with Crippen LogP contribution in [0.5, 0.6) is 0 Å². The van der Waals surface area contributed by atoms with Crippen LogP contribution < -0.4 is 5.32 Å². The van der Waals surface area contributed by atoms with Gasteiger partial charge in [0.25, 0.3) is 0 Å². The van der Waals surface area contributed by atoms with Crippen molar-refractivity contribution in [2.45, 2.75) is 88.3 Å². The van der Waals surface area contributed by atoms with E-state index >= 15 is 0 Å². The molecule has 1 unspecified atom stereocenters. The van der Waals surface area contributed by atoms with Gasteiger partial charge in [0.2, 0.25) is 0 Å². The fraction of sp³-hybridized carbons (Fsp3) is 1.00. The lowest BCUT2D eigenvalue weighted by molar-refractivity contribution is -0.0706. The molecule has 1 atom stereocenters. The van der Waals surface area contributed by atoms with E-state index in [9.17, 15) is 0 Å². The Balaban J connectivity index is 1.87. The predicted molar refractivity (Wildman–Crippen MR) is 80.3 cm³/mol. The van der Waals surface area contributed by atoms with Crippen LogP contribution in [0.25, 0.3) is 0 Å². The predicted octanol–water partition coefficient (Wildman–Crippen LogP) is 3.60. The number of hydrogen-bond acceptors (Lipinski definition) is 3. The highest BCUT2D eigenvalue weighted by Gasteiger charge is 2.46. The average molecular weight is 271 g/mol. The zero-order valence-electron chi connectivity index (χ0n) is 12.6. The maximum Gasteiger partial charge on any atom is 0.0787 e. The van der Waals surface area contributed by atoms with Crippen LogP contribution in [0.2, 0.25) is 0 Å². The van der Waals surface area contributed by atoms with Gasteiger partial charge >= 0.3 is 0 Å². The van der Waals surface area contributed by atoms with Crippen LogP contribution in [0.4, 0.5) is 0 Å². The Kier molecular flexibility index (Phi) is 4.35. The van der Waals surface area contributed by atoms with E-state index in [1.807, 2.05) is 11.8 Å². The molecule has 1 aliphatic heterocycles. The van der Waals surface area contributed by atoms with Crippen LogP contribution in [0.1, 0.15) is 59.8 Å². The van der Waals surface area contributed by atoms with Gasteiger partial charge in [0.1, 0.15) is 0 Å². The van der Waals surface area contributed by atoms with Gasteiger partial charge in [-0.1, -0.05) is 0 Å². The summed E-state index contributed by atoms with van der Waals surface area (Å²) in [5.74, 6) is 0. The van der Waals surface area contributed by atoms with Crippen LogP contribution in [0.3, 0.4) is 0 Å². The number of hydrogen-bond donors (Lipinski definition) is 1. The SMILES string of the molecule is CSC1CCC(NC2CC(C)(C)OC2(C)C)CC1. The molecule has 2 nitrogen and oxygen atoms in total. The summed E-state index contributed by atoms with van der Waals surface area (Å²) in [6, 6.07) is 1.21. The molecule has 3 heteroatoms. The molecule has 1 saturated carbocycles. The quantitative estimate of drug-likeness (QED) is 0.847. The molecule has 106 valence electrons. The maximum absolute atomic E-state index is 6.17. The van der Waals surface area contributed by atoms with Gasteiger partial charge in [0.05, 0.1) is 11.2 Å². The molecule has 0 amide bonds. The van der Waals surface area contributed by atoms with E-state index in [2.05, 4.69) is 39.3 Å². The lowest BCUT2D eigenvalue weighted by Crippen LogP contribution is -2.49. The van der Waals surface area contributed by atoms with E-state index in [0.29, 0.717) is 12.1 Å². The minimum absolute atomic E-state index is 0.0254. The lowest BCUT2D eigenvalue weighted by atomic mass is 9.90. The van der Waals surface area contributed by atoms with Crippen molar-refractivity contribution in [3.8, 4) is 0 Å². The maximum atomic E-state index is 6.17. The second kappa shape index (κ2) is 5.34. The Morgan fingerprint density at radius 1 is 1.06 bits per heavy atom. The van der Waals surface area contributed by atoms with Crippen LogP contribution in [0.15, 0.2) is 0 Å². The summed E-state index contributed by atoms with van der Waals surface area (Å²) in [4.78, 5) is 0. The molecule has 1 aliphatic carbocycles. The van der Waals surface area contributed by atoms with Crippen molar-refractivity contribution < 1.29 is 4.74 Å².